The fourth-order valence-corrected chi connectivity index (χ4v) is 2.27. The minimum Gasteiger partial charge on any atom is -0.399 e. The third-order valence-corrected chi connectivity index (χ3v) is 3.17. The van der Waals surface area contributed by atoms with Crippen molar-refractivity contribution in [1.82, 2.24) is 0 Å². The zero-order valence-electron chi connectivity index (χ0n) is 10.8. The second-order valence-electron chi connectivity index (χ2n) is 4.36. The Labute approximate surface area is 125 Å². The summed E-state index contributed by atoms with van der Waals surface area (Å²) >= 11 is 3.29. The van der Waals surface area contributed by atoms with Crippen molar-refractivity contribution in [1.29, 1.82) is 0 Å². The Hall–Kier alpha value is -2.14. The van der Waals surface area contributed by atoms with Crippen LogP contribution >= 0.6 is 15.9 Å². The van der Waals surface area contributed by atoms with E-state index >= 15 is 0 Å². The first-order chi connectivity index (χ1) is 9.45. The lowest BCUT2D eigenvalue weighted by Crippen LogP contribution is -2.12. The molecule has 20 heavy (non-hydrogen) atoms. The number of halogens is 1. The van der Waals surface area contributed by atoms with Crippen molar-refractivity contribution in [3.8, 4) is 0 Å². The number of hydrogen-bond donors (Lipinski definition) is 2. The SMILES string of the molecule is CC(=O)c1cccc(NC(=O)c2cc(N)cc(Br)c2)c1. The molecule has 0 atom stereocenters. The molecule has 0 saturated carbocycles. The number of nitrogens with one attached hydrogen (secondary N) is 1. The largest absolute Gasteiger partial charge is 0.399 e. The number of amides is 1. The molecule has 0 unspecified atom stereocenters. The van der Waals surface area contributed by atoms with Gasteiger partial charge in [-0.25, -0.2) is 0 Å². The van der Waals surface area contributed by atoms with Crippen LogP contribution < -0.4 is 11.1 Å². The van der Waals surface area contributed by atoms with Gasteiger partial charge in [-0.1, -0.05) is 28.1 Å². The first-order valence-electron chi connectivity index (χ1n) is 5.94. The van der Waals surface area contributed by atoms with Gasteiger partial charge in [-0.15, -0.1) is 0 Å². The quantitative estimate of drug-likeness (QED) is 0.667. The third kappa shape index (κ3) is 3.45. The summed E-state index contributed by atoms with van der Waals surface area (Å²) in [5.74, 6) is -0.327. The van der Waals surface area contributed by atoms with Crippen molar-refractivity contribution in [3.63, 3.8) is 0 Å². The van der Waals surface area contributed by atoms with Crippen LogP contribution in [0.4, 0.5) is 11.4 Å². The van der Waals surface area contributed by atoms with Gasteiger partial charge < -0.3 is 11.1 Å². The topological polar surface area (TPSA) is 72.2 Å². The molecule has 0 aliphatic heterocycles. The molecule has 102 valence electrons. The van der Waals surface area contributed by atoms with E-state index in [0.717, 1.165) is 4.47 Å². The molecule has 0 bridgehead atoms. The maximum Gasteiger partial charge on any atom is 0.255 e. The molecule has 2 aromatic rings. The summed E-state index contributed by atoms with van der Waals surface area (Å²) in [6, 6.07) is 11.8. The average molecular weight is 333 g/mol. The van der Waals surface area contributed by atoms with Crippen LogP contribution in [0, 0.1) is 0 Å². The minimum atomic E-state index is -0.279. The Balaban J connectivity index is 2.23. The molecule has 0 saturated heterocycles. The zero-order valence-corrected chi connectivity index (χ0v) is 12.4. The second kappa shape index (κ2) is 5.88. The number of ketones is 1. The number of hydrogen-bond acceptors (Lipinski definition) is 3. The molecule has 0 radical (unpaired) electrons. The molecule has 0 aromatic heterocycles. The maximum atomic E-state index is 12.1. The van der Waals surface area contributed by atoms with Gasteiger partial charge in [0.25, 0.3) is 5.91 Å². The number of anilines is 2. The highest BCUT2D eigenvalue weighted by molar-refractivity contribution is 9.10. The molecule has 4 nitrogen and oxygen atoms in total. The molecule has 5 heteroatoms. The lowest BCUT2D eigenvalue weighted by atomic mass is 10.1. The first kappa shape index (κ1) is 14.3. The molecule has 3 N–H and O–H groups in total. The lowest BCUT2D eigenvalue weighted by Gasteiger charge is -2.07. The van der Waals surface area contributed by atoms with E-state index in [1.807, 2.05) is 0 Å². The van der Waals surface area contributed by atoms with Crippen molar-refractivity contribution in [3.05, 3.63) is 58.1 Å². The molecule has 0 fully saturated rings. The van der Waals surface area contributed by atoms with E-state index in [9.17, 15) is 9.59 Å². The van der Waals surface area contributed by atoms with Crippen LogP contribution in [0.25, 0.3) is 0 Å². The van der Waals surface area contributed by atoms with Gasteiger partial charge in [-0.05, 0) is 37.3 Å². The van der Waals surface area contributed by atoms with Crippen LogP contribution in [-0.2, 0) is 0 Å². The molecule has 0 aliphatic rings. The number of nitrogens with two attached hydrogens (primary N) is 1. The lowest BCUT2D eigenvalue weighted by molar-refractivity contribution is 0.101. The number of nitrogen functional groups attached to an aromatic ring is 1. The molecule has 2 rings (SSSR count). The highest BCUT2D eigenvalue weighted by Crippen LogP contribution is 2.19. The van der Waals surface area contributed by atoms with Gasteiger partial charge in [0.1, 0.15) is 0 Å². The Kier molecular flexibility index (Phi) is 4.20. The fraction of sp³-hybridized carbons (Fsp3) is 0.0667. The Morgan fingerprint density at radius 2 is 1.85 bits per heavy atom. The van der Waals surface area contributed by atoms with Crippen molar-refractivity contribution < 1.29 is 9.59 Å². The summed E-state index contributed by atoms with van der Waals surface area (Å²) in [4.78, 5) is 23.4. The summed E-state index contributed by atoms with van der Waals surface area (Å²) in [5, 5.41) is 2.74. The first-order valence-corrected chi connectivity index (χ1v) is 6.73. The fourth-order valence-electron chi connectivity index (χ4n) is 1.76. The van der Waals surface area contributed by atoms with Crippen LogP contribution in [0.1, 0.15) is 27.6 Å². The van der Waals surface area contributed by atoms with Gasteiger partial charge >= 0.3 is 0 Å². The Bertz CT molecular complexity index is 663. The number of Topliss-reactive ketones (excluding diaryl/α,β-unsaturated/α-hetero) is 1. The number of carbonyl (C=O) groups excluding carboxylic acids is 2. The number of rotatable bonds is 3. The van der Waals surface area contributed by atoms with Crippen LogP contribution in [0.15, 0.2) is 46.9 Å². The van der Waals surface area contributed by atoms with Gasteiger partial charge in [0, 0.05) is 27.0 Å². The average Bonchev–Trinajstić information content (AvgIpc) is 2.37. The normalized spacial score (nSPS) is 10.1. The zero-order chi connectivity index (χ0) is 14.7. The van der Waals surface area contributed by atoms with Gasteiger partial charge in [-0.3, -0.25) is 9.59 Å². The molecule has 0 spiro atoms. The summed E-state index contributed by atoms with van der Waals surface area (Å²) in [6.07, 6.45) is 0. The van der Waals surface area contributed by atoms with E-state index in [-0.39, 0.29) is 11.7 Å². The van der Waals surface area contributed by atoms with Gasteiger partial charge in [0.15, 0.2) is 5.78 Å². The van der Waals surface area contributed by atoms with Crippen LogP contribution in [0.2, 0.25) is 0 Å². The van der Waals surface area contributed by atoms with E-state index < -0.39 is 0 Å². The van der Waals surface area contributed by atoms with Crippen LogP contribution in [0.3, 0.4) is 0 Å². The Morgan fingerprint density at radius 3 is 2.50 bits per heavy atom. The van der Waals surface area contributed by atoms with E-state index in [2.05, 4.69) is 21.2 Å². The summed E-state index contributed by atoms with van der Waals surface area (Å²) in [6.45, 7) is 1.48. The van der Waals surface area contributed by atoms with Gasteiger partial charge in [0.05, 0.1) is 0 Å². The molecular weight excluding hydrogens is 320 g/mol. The van der Waals surface area contributed by atoms with E-state index in [1.54, 1.807) is 42.5 Å². The molecule has 0 heterocycles. The van der Waals surface area contributed by atoms with Crippen molar-refractivity contribution in [2.75, 3.05) is 11.1 Å². The van der Waals surface area contributed by atoms with E-state index in [4.69, 9.17) is 5.73 Å². The summed E-state index contributed by atoms with van der Waals surface area (Å²) < 4.78 is 0.736. The van der Waals surface area contributed by atoms with Crippen molar-refractivity contribution >= 4 is 39.0 Å². The van der Waals surface area contributed by atoms with E-state index in [0.29, 0.717) is 22.5 Å². The molecule has 1 amide bonds. The monoisotopic (exact) mass is 332 g/mol. The number of benzene rings is 2. The molecule has 0 aliphatic carbocycles. The van der Waals surface area contributed by atoms with Crippen molar-refractivity contribution in [2.45, 2.75) is 6.92 Å². The minimum absolute atomic E-state index is 0.0483. The van der Waals surface area contributed by atoms with Crippen molar-refractivity contribution in [2.24, 2.45) is 0 Å². The molecular formula is C15H13BrN2O2. The van der Waals surface area contributed by atoms with Crippen LogP contribution in [0.5, 0.6) is 0 Å². The maximum absolute atomic E-state index is 12.1. The van der Waals surface area contributed by atoms with Gasteiger partial charge in [-0.2, -0.15) is 0 Å². The highest BCUT2D eigenvalue weighted by Gasteiger charge is 2.09. The van der Waals surface area contributed by atoms with Gasteiger partial charge in [0.2, 0.25) is 0 Å². The predicted molar refractivity (Wildman–Crippen MR) is 83.0 cm³/mol. The summed E-state index contributed by atoms with van der Waals surface area (Å²) in [5.41, 5.74) is 7.77. The van der Waals surface area contributed by atoms with E-state index in [1.165, 1.54) is 6.92 Å². The third-order valence-electron chi connectivity index (χ3n) is 2.71. The number of carbonyl (C=O) groups is 2. The smallest absolute Gasteiger partial charge is 0.255 e. The predicted octanol–water partition coefficient (Wildman–Crippen LogP) is 3.49. The van der Waals surface area contributed by atoms with Crippen LogP contribution in [-0.4, -0.2) is 11.7 Å². The Morgan fingerprint density at radius 1 is 1.10 bits per heavy atom. The standard InChI is InChI=1S/C15H13BrN2O2/c1-9(19)10-3-2-4-14(7-10)18-15(20)11-5-12(16)8-13(17)6-11/h2-8H,17H2,1H3,(H,18,20). The molecule has 2 aromatic carbocycles. The second-order valence-corrected chi connectivity index (χ2v) is 5.28. The highest BCUT2D eigenvalue weighted by atomic mass is 79.9. The summed E-state index contributed by atoms with van der Waals surface area (Å²) in [7, 11) is 0.